The zero-order valence-corrected chi connectivity index (χ0v) is 23.1. The molecular weight excluding hydrogens is 460 g/mol. The number of hydrogen-bond donors (Lipinski definition) is 3. The number of carbonyl (C=O) groups is 1. The smallest absolute Gasteiger partial charge is 0.224 e. The number of hydrogen-bond acceptors (Lipinski definition) is 5. The van der Waals surface area contributed by atoms with Crippen molar-refractivity contribution in [3.8, 4) is 0 Å². The first-order valence-electron chi connectivity index (χ1n) is 13.6. The number of carbonyl (C=O) groups excluding carboxylic acids is 1. The molecule has 1 aliphatic heterocycles. The van der Waals surface area contributed by atoms with Crippen LogP contribution < -0.4 is 10.6 Å². The van der Waals surface area contributed by atoms with Gasteiger partial charge in [-0.2, -0.15) is 0 Å². The van der Waals surface area contributed by atoms with Gasteiger partial charge in [0.2, 0.25) is 5.91 Å². The minimum atomic E-state index is -3.27. The Morgan fingerprint density at radius 2 is 1.77 bits per heavy atom. The summed E-state index contributed by atoms with van der Waals surface area (Å²) in [6, 6.07) is 8.03. The molecule has 0 unspecified atom stereocenters. The summed E-state index contributed by atoms with van der Waals surface area (Å²) in [5, 5.41) is 17.3. The van der Waals surface area contributed by atoms with Crippen LogP contribution in [0, 0.1) is 11.8 Å². The van der Waals surface area contributed by atoms with E-state index < -0.39 is 27.9 Å². The fourth-order valence-corrected chi connectivity index (χ4v) is 6.54. The van der Waals surface area contributed by atoms with Crippen molar-refractivity contribution >= 4 is 15.7 Å². The Balaban J connectivity index is 2.02. The van der Waals surface area contributed by atoms with Crippen molar-refractivity contribution in [3.63, 3.8) is 0 Å². The molecule has 0 aliphatic carbocycles. The Bertz CT molecular complexity index is 871. The zero-order valence-electron chi connectivity index (χ0n) is 22.3. The second-order valence-corrected chi connectivity index (χ2v) is 13.2. The van der Waals surface area contributed by atoms with E-state index in [1.807, 2.05) is 0 Å². The van der Waals surface area contributed by atoms with E-state index in [0.29, 0.717) is 37.8 Å². The number of nitrogens with one attached hydrogen (secondary N) is 2. The predicted octanol–water partition coefficient (Wildman–Crippen LogP) is 4.57. The van der Waals surface area contributed by atoms with Gasteiger partial charge in [-0.1, -0.05) is 90.5 Å². The molecule has 3 N–H and O–H groups in total. The van der Waals surface area contributed by atoms with Crippen molar-refractivity contribution in [2.24, 2.45) is 11.8 Å². The van der Waals surface area contributed by atoms with Crippen LogP contribution in [0.5, 0.6) is 0 Å². The normalized spacial score (nSPS) is 26.2. The van der Waals surface area contributed by atoms with Gasteiger partial charge in [-0.25, -0.2) is 8.42 Å². The van der Waals surface area contributed by atoms with E-state index in [1.165, 1.54) is 5.56 Å². The molecule has 7 heteroatoms. The lowest BCUT2D eigenvalue weighted by atomic mass is 9.92. The maximum atomic E-state index is 12.9. The SMILES string of the molecule is CC(C)c1cccc(CNC[C@@H](O)[C@@H]2C[C@H](C)CCCCCCCCS(=O)(=O)C[C@@H](C)C(=O)N2)c1. The second-order valence-electron chi connectivity index (χ2n) is 11.0. The van der Waals surface area contributed by atoms with Crippen molar-refractivity contribution < 1.29 is 18.3 Å². The quantitative estimate of drug-likeness (QED) is 0.523. The molecule has 2 rings (SSSR count). The van der Waals surface area contributed by atoms with E-state index >= 15 is 0 Å². The fraction of sp³-hybridized carbons (Fsp3) is 0.750. The van der Waals surface area contributed by atoms with Gasteiger partial charge in [-0.15, -0.1) is 0 Å². The highest BCUT2D eigenvalue weighted by Gasteiger charge is 2.27. The molecule has 0 spiro atoms. The van der Waals surface area contributed by atoms with Crippen LogP contribution in [0.15, 0.2) is 24.3 Å². The molecule has 6 nitrogen and oxygen atoms in total. The number of rotatable bonds is 6. The van der Waals surface area contributed by atoms with E-state index in [2.05, 4.69) is 55.7 Å². The molecule has 0 aromatic heterocycles. The van der Waals surface area contributed by atoms with Gasteiger partial charge in [-0.3, -0.25) is 4.79 Å². The van der Waals surface area contributed by atoms with Crippen LogP contribution in [0.25, 0.3) is 0 Å². The minimum absolute atomic E-state index is 0.137. The monoisotopic (exact) mass is 508 g/mol. The van der Waals surface area contributed by atoms with Gasteiger partial charge in [0, 0.05) is 19.0 Å². The van der Waals surface area contributed by atoms with Crippen LogP contribution in [-0.2, 0) is 21.2 Å². The average Bonchev–Trinajstić information content (AvgIpc) is 2.79. The highest BCUT2D eigenvalue weighted by molar-refractivity contribution is 7.91. The second kappa shape index (κ2) is 15.0. The lowest BCUT2D eigenvalue weighted by Crippen LogP contribution is -2.50. The summed E-state index contributed by atoms with van der Waals surface area (Å²) >= 11 is 0. The molecule has 1 aliphatic rings. The van der Waals surface area contributed by atoms with Crippen LogP contribution in [-0.4, -0.2) is 49.6 Å². The van der Waals surface area contributed by atoms with Gasteiger partial charge >= 0.3 is 0 Å². The summed E-state index contributed by atoms with van der Waals surface area (Å²) in [6.45, 7) is 9.18. The number of benzene rings is 1. The fourth-order valence-electron chi connectivity index (χ4n) is 4.82. The van der Waals surface area contributed by atoms with Gasteiger partial charge in [-0.05, 0) is 35.8 Å². The van der Waals surface area contributed by atoms with Gasteiger partial charge in [0.15, 0.2) is 9.84 Å². The summed E-state index contributed by atoms with van der Waals surface area (Å²) in [7, 11) is -3.27. The topological polar surface area (TPSA) is 95.5 Å². The Hall–Kier alpha value is -1.44. The van der Waals surface area contributed by atoms with Gasteiger partial charge in [0.05, 0.1) is 23.7 Å². The summed E-state index contributed by atoms with van der Waals surface area (Å²) in [5.74, 6) is -0.0886. The third kappa shape index (κ3) is 11.4. The summed E-state index contributed by atoms with van der Waals surface area (Å²) in [5.41, 5.74) is 2.45. The molecule has 1 aromatic carbocycles. The molecule has 35 heavy (non-hydrogen) atoms. The Kier molecular flexibility index (Phi) is 12.7. The summed E-state index contributed by atoms with van der Waals surface area (Å²) < 4.78 is 25.0. The average molecular weight is 509 g/mol. The first kappa shape index (κ1) is 29.8. The van der Waals surface area contributed by atoms with Crippen LogP contribution in [0.4, 0.5) is 0 Å². The number of aliphatic hydroxyl groups excluding tert-OH is 1. The zero-order chi connectivity index (χ0) is 25.8. The molecule has 0 radical (unpaired) electrons. The molecule has 0 bridgehead atoms. The molecule has 1 saturated heterocycles. The third-order valence-corrected chi connectivity index (χ3v) is 9.02. The van der Waals surface area contributed by atoms with E-state index in [-0.39, 0.29) is 17.4 Å². The molecule has 4 atom stereocenters. The molecule has 1 heterocycles. The lowest BCUT2D eigenvalue weighted by molar-refractivity contribution is -0.125. The molecule has 0 saturated carbocycles. The maximum Gasteiger partial charge on any atom is 0.224 e. The van der Waals surface area contributed by atoms with Crippen LogP contribution in [0.2, 0.25) is 0 Å². The largest absolute Gasteiger partial charge is 0.390 e. The van der Waals surface area contributed by atoms with E-state index in [4.69, 9.17) is 0 Å². The van der Waals surface area contributed by atoms with E-state index in [0.717, 1.165) is 44.1 Å². The maximum absolute atomic E-state index is 12.9. The van der Waals surface area contributed by atoms with E-state index in [9.17, 15) is 18.3 Å². The van der Waals surface area contributed by atoms with Crippen LogP contribution in [0.3, 0.4) is 0 Å². The number of sulfone groups is 1. The van der Waals surface area contributed by atoms with Gasteiger partial charge < -0.3 is 15.7 Å². The number of amides is 1. The highest BCUT2D eigenvalue weighted by atomic mass is 32.2. The Morgan fingerprint density at radius 1 is 1.09 bits per heavy atom. The summed E-state index contributed by atoms with van der Waals surface area (Å²) in [4.78, 5) is 12.9. The standard InChI is InChI=1S/C28H48N2O4S/c1-21(2)25-14-11-13-24(17-25)18-29-19-27(31)26-16-22(3)12-9-7-5-6-8-10-15-35(33,34)20-23(4)28(32)30-26/h11,13-14,17,21-23,26-27,29,31H,5-10,12,15-16,18-20H2,1-4H3,(H,30,32)/t22-,23-,26+,27-/m1/s1. The first-order valence-corrected chi connectivity index (χ1v) is 15.4. The van der Waals surface area contributed by atoms with Crippen molar-refractivity contribution in [2.75, 3.05) is 18.1 Å². The predicted molar refractivity (Wildman–Crippen MR) is 144 cm³/mol. The highest BCUT2D eigenvalue weighted by Crippen LogP contribution is 2.20. The Labute approximate surface area is 213 Å². The van der Waals surface area contributed by atoms with Gasteiger partial charge in [0.1, 0.15) is 0 Å². The third-order valence-electron chi connectivity index (χ3n) is 7.10. The van der Waals surface area contributed by atoms with Crippen LogP contribution >= 0.6 is 0 Å². The Morgan fingerprint density at radius 3 is 2.49 bits per heavy atom. The minimum Gasteiger partial charge on any atom is -0.390 e. The van der Waals surface area contributed by atoms with Crippen molar-refractivity contribution in [1.82, 2.24) is 10.6 Å². The molecule has 1 amide bonds. The van der Waals surface area contributed by atoms with Crippen molar-refractivity contribution in [1.29, 1.82) is 0 Å². The lowest BCUT2D eigenvalue weighted by Gasteiger charge is -2.28. The molecule has 200 valence electrons. The number of aliphatic hydroxyl groups is 1. The van der Waals surface area contributed by atoms with Gasteiger partial charge in [0.25, 0.3) is 0 Å². The molecular formula is C28H48N2O4S. The van der Waals surface area contributed by atoms with Crippen molar-refractivity contribution in [2.45, 2.75) is 104 Å². The molecule has 1 aromatic rings. The van der Waals surface area contributed by atoms with Crippen LogP contribution in [0.1, 0.15) is 96.1 Å². The van der Waals surface area contributed by atoms with Crippen molar-refractivity contribution in [3.05, 3.63) is 35.4 Å². The first-order chi connectivity index (χ1) is 16.6. The summed E-state index contributed by atoms with van der Waals surface area (Å²) in [6.07, 6.45) is 7.05. The molecule has 1 fully saturated rings. The van der Waals surface area contributed by atoms with E-state index in [1.54, 1.807) is 6.92 Å².